The standard InChI is InChI=1S/C23H22O3/c1-16-7-6-9-18(13-16)21-15-17(11-12-22(21)25-2)14-19-8-4-5-10-20(19)23(24)26-3/h4-13,15H,14H2,1-3H3. The summed E-state index contributed by atoms with van der Waals surface area (Å²) in [6.45, 7) is 2.08. The maximum atomic E-state index is 12.0. The summed E-state index contributed by atoms with van der Waals surface area (Å²) >= 11 is 0. The normalized spacial score (nSPS) is 10.4. The van der Waals surface area contributed by atoms with Crippen LogP contribution >= 0.6 is 0 Å². The molecule has 3 heteroatoms. The van der Waals surface area contributed by atoms with Crippen molar-refractivity contribution in [2.75, 3.05) is 14.2 Å². The number of aryl methyl sites for hydroxylation is 1. The Labute approximate surface area is 154 Å². The molecule has 3 aromatic rings. The lowest BCUT2D eigenvalue weighted by molar-refractivity contribution is 0.0599. The first-order valence-electron chi connectivity index (χ1n) is 8.52. The lowest BCUT2D eigenvalue weighted by Gasteiger charge is -2.13. The first-order chi connectivity index (χ1) is 12.6. The van der Waals surface area contributed by atoms with Gasteiger partial charge >= 0.3 is 5.97 Å². The zero-order chi connectivity index (χ0) is 18.5. The molecule has 26 heavy (non-hydrogen) atoms. The highest BCUT2D eigenvalue weighted by molar-refractivity contribution is 5.91. The van der Waals surface area contributed by atoms with Gasteiger partial charge < -0.3 is 9.47 Å². The average Bonchev–Trinajstić information content (AvgIpc) is 2.68. The van der Waals surface area contributed by atoms with Crippen LogP contribution in [0.3, 0.4) is 0 Å². The number of methoxy groups -OCH3 is 2. The summed E-state index contributed by atoms with van der Waals surface area (Å²) < 4.78 is 10.4. The zero-order valence-corrected chi connectivity index (χ0v) is 15.3. The number of carbonyl (C=O) groups is 1. The molecule has 0 radical (unpaired) electrons. The minimum Gasteiger partial charge on any atom is -0.496 e. The van der Waals surface area contributed by atoms with Crippen molar-refractivity contribution in [2.24, 2.45) is 0 Å². The molecule has 3 aromatic carbocycles. The van der Waals surface area contributed by atoms with Crippen LogP contribution in [0.25, 0.3) is 11.1 Å². The zero-order valence-electron chi connectivity index (χ0n) is 15.3. The van der Waals surface area contributed by atoms with Gasteiger partial charge in [-0.3, -0.25) is 0 Å². The Morgan fingerprint density at radius 1 is 0.923 bits per heavy atom. The van der Waals surface area contributed by atoms with E-state index < -0.39 is 0 Å². The molecule has 0 aliphatic carbocycles. The van der Waals surface area contributed by atoms with Crippen LogP contribution in [0.4, 0.5) is 0 Å². The molecular weight excluding hydrogens is 324 g/mol. The predicted molar refractivity (Wildman–Crippen MR) is 104 cm³/mol. The van der Waals surface area contributed by atoms with Crippen LogP contribution in [0.15, 0.2) is 66.7 Å². The van der Waals surface area contributed by atoms with Gasteiger partial charge in [-0.2, -0.15) is 0 Å². The Balaban J connectivity index is 2.01. The molecule has 3 nitrogen and oxygen atoms in total. The predicted octanol–water partition coefficient (Wildman–Crippen LogP) is 5.05. The van der Waals surface area contributed by atoms with Crippen molar-refractivity contribution in [2.45, 2.75) is 13.3 Å². The van der Waals surface area contributed by atoms with Gasteiger partial charge in [-0.05, 0) is 48.2 Å². The number of benzene rings is 3. The van der Waals surface area contributed by atoms with E-state index in [0.29, 0.717) is 12.0 Å². The van der Waals surface area contributed by atoms with Gasteiger partial charge in [0.05, 0.1) is 19.8 Å². The Bertz CT molecular complexity index is 928. The summed E-state index contributed by atoms with van der Waals surface area (Å²) in [6.07, 6.45) is 0.647. The van der Waals surface area contributed by atoms with E-state index >= 15 is 0 Å². The summed E-state index contributed by atoms with van der Waals surface area (Å²) in [5, 5.41) is 0. The fraction of sp³-hybridized carbons (Fsp3) is 0.174. The second kappa shape index (κ2) is 7.87. The molecule has 0 unspecified atom stereocenters. The third kappa shape index (κ3) is 3.77. The smallest absolute Gasteiger partial charge is 0.338 e. The van der Waals surface area contributed by atoms with Crippen LogP contribution in [0.5, 0.6) is 5.75 Å². The molecule has 0 saturated heterocycles. The highest BCUT2D eigenvalue weighted by Gasteiger charge is 2.13. The van der Waals surface area contributed by atoms with Crippen molar-refractivity contribution in [1.82, 2.24) is 0 Å². The van der Waals surface area contributed by atoms with Crippen LogP contribution in [-0.4, -0.2) is 20.2 Å². The highest BCUT2D eigenvalue weighted by Crippen LogP contribution is 2.32. The quantitative estimate of drug-likeness (QED) is 0.607. The van der Waals surface area contributed by atoms with Gasteiger partial charge in [0.1, 0.15) is 5.75 Å². The number of rotatable bonds is 5. The third-order valence-corrected chi connectivity index (χ3v) is 4.41. The first kappa shape index (κ1) is 17.7. The van der Waals surface area contributed by atoms with E-state index in [2.05, 4.69) is 31.2 Å². The minimum atomic E-state index is -0.312. The van der Waals surface area contributed by atoms with Crippen molar-refractivity contribution in [3.63, 3.8) is 0 Å². The third-order valence-electron chi connectivity index (χ3n) is 4.41. The summed E-state index contributed by atoms with van der Waals surface area (Å²) in [5.41, 5.74) is 6.02. The average molecular weight is 346 g/mol. The molecule has 0 saturated carbocycles. The lowest BCUT2D eigenvalue weighted by Crippen LogP contribution is -2.06. The molecule has 0 N–H and O–H groups in total. The van der Waals surface area contributed by atoms with E-state index in [9.17, 15) is 4.79 Å². The molecule has 0 amide bonds. The number of carbonyl (C=O) groups excluding carboxylic acids is 1. The number of ether oxygens (including phenoxy) is 2. The maximum Gasteiger partial charge on any atom is 0.338 e. The van der Waals surface area contributed by atoms with Gasteiger partial charge in [-0.15, -0.1) is 0 Å². The second-order valence-electron chi connectivity index (χ2n) is 6.23. The molecule has 3 rings (SSSR count). The van der Waals surface area contributed by atoms with E-state index in [1.165, 1.54) is 12.7 Å². The van der Waals surface area contributed by atoms with Gasteiger partial charge in [0, 0.05) is 5.56 Å². The molecule has 0 aliphatic heterocycles. The van der Waals surface area contributed by atoms with Crippen LogP contribution in [0, 0.1) is 6.92 Å². The highest BCUT2D eigenvalue weighted by atomic mass is 16.5. The van der Waals surface area contributed by atoms with Crippen LogP contribution < -0.4 is 4.74 Å². The van der Waals surface area contributed by atoms with Crippen molar-refractivity contribution >= 4 is 5.97 Å². The molecule has 0 heterocycles. The maximum absolute atomic E-state index is 12.0. The summed E-state index contributed by atoms with van der Waals surface area (Å²) in [4.78, 5) is 12.0. The van der Waals surface area contributed by atoms with Crippen LogP contribution in [0.2, 0.25) is 0 Å². The van der Waals surface area contributed by atoms with Crippen molar-refractivity contribution in [3.05, 3.63) is 89.0 Å². The molecule has 0 bridgehead atoms. The first-order valence-corrected chi connectivity index (χ1v) is 8.52. The van der Waals surface area contributed by atoms with E-state index in [0.717, 1.165) is 28.0 Å². The van der Waals surface area contributed by atoms with E-state index in [4.69, 9.17) is 9.47 Å². The summed E-state index contributed by atoms with van der Waals surface area (Å²) in [7, 11) is 3.09. The van der Waals surface area contributed by atoms with Gasteiger partial charge in [-0.25, -0.2) is 4.79 Å². The Morgan fingerprint density at radius 3 is 2.46 bits per heavy atom. The number of hydrogen-bond acceptors (Lipinski definition) is 3. The van der Waals surface area contributed by atoms with E-state index in [-0.39, 0.29) is 5.97 Å². The van der Waals surface area contributed by atoms with Crippen LogP contribution in [-0.2, 0) is 11.2 Å². The summed E-state index contributed by atoms with van der Waals surface area (Å²) in [5.74, 6) is 0.522. The van der Waals surface area contributed by atoms with Gasteiger partial charge in [-0.1, -0.05) is 54.1 Å². The topological polar surface area (TPSA) is 35.5 Å². The Morgan fingerprint density at radius 2 is 1.73 bits per heavy atom. The fourth-order valence-electron chi connectivity index (χ4n) is 3.11. The van der Waals surface area contributed by atoms with E-state index in [1.54, 1.807) is 13.2 Å². The second-order valence-corrected chi connectivity index (χ2v) is 6.23. The van der Waals surface area contributed by atoms with Crippen molar-refractivity contribution in [1.29, 1.82) is 0 Å². The lowest BCUT2D eigenvalue weighted by atomic mass is 9.95. The number of hydrogen-bond donors (Lipinski definition) is 0. The molecule has 0 spiro atoms. The van der Waals surface area contributed by atoms with Crippen LogP contribution in [0.1, 0.15) is 27.0 Å². The number of esters is 1. The van der Waals surface area contributed by atoms with Gasteiger partial charge in [0.15, 0.2) is 0 Å². The molecular formula is C23H22O3. The van der Waals surface area contributed by atoms with E-state index in [1.807, 2.05) is 36.4 Å². The van der Waals surface area contributed by atoms with Crippen molar-refractivity contribution in [3.8, 4) is 16.9 Å². The molecule has 0 fully saturated rings. The van der Waals surface area contributed by atoms with Crippen molar-refractivity contribution < 1.29 is 14.3 Å². The van der Waals surface area contributed by atoms with Gasteiger partial charge in [0.25, 0.3) is 0 Å². The molecule has 0 atom stereocenters. The Hall–Kier alpha value is -3.07. The monoisotopic (exact) mass is 346 g/mol. The molecule has 132 valence electrons. The summed E-state index contributed by atoms with van der Waals surface area (Å²) in [6, 6.07) is 22.0. The minimum absolute atomic E-state index is 0.312. The van der Waals surface area contributed by atoms with Gasteiger partial charge in [0.2, 0.25) is 0 Å². The SMILES string of the molecule is COC(=O)c1ccccc1Cc1ccc(OC)c(-c2cccc(C)c2)c1. The largest absolute Gasteiger partial charge is 0.496 e. The molecule has 0 aromatic heterocycles. The Kier molecular flexibility index (Phi) is 5.37. The fourth-order valence-corrected chi connectivity index (χ4v) is 3.11. The molecule has 0 aliphatic rings.